The predicted octanol–water partition coefficient (Wildman–Crippen LogP) is 0.614. The molecule has 0 fully saturated rings. The van der Waals surface area contributed by atoms with Gasteiger partial charge in [-0.25, -0.2) is 13.8 Å². The normalized spacial score (nSPS) is 19.6. The van der Waals surface area contributed by atoms with E-state index in [1.165, 1.54) is 11.3 Å². The SMILES string of the molecule is CC1=c2c([n+]3c(C)sc4nc(C(F)F)c5c(C(N)=O)c(N)n2c5c43)=CC(C)C1O. The molecule has 4 heterocycles. The molecule has 150 valence electrons. The highest BCUT2D eigenvalue weighted by molar-refractivity contribution is 7.17. The number of fused-ring (bicyclic) bond motifs is 3. The fraction of sp³-hybridized carbons (Fsp3) is 0.316. The van der Waals surface area contributed by atoms with Gasteiger partial charge in [0.25, 0.3) is 17.8 Å². The van der Waals surface area contributed by atoms with Crippen LogP contribution in [0, 0.1) is 12.8 Å². The molecule has 0 spiro atoms. The van der Waals surface area contributed by atoms with Gasteiger partial charge in [0.1, 0.15) is 22.4 Å². The molecule has 29 heavy (non-hydrogen) atoms. The lowest BCUT2D eigenvalue weighted by atomic mass is 9.93. The van der Waals surface area contributed by atoms with Crippen molar-refractivity contribution in [2.75, 3.05) is 5.73 Å². The van der Waals surface area contributed by atoms with Crippen molar-refractivity contribution >= 4 is 56.0 Å². The second-order valence-corrected chi connectivity index (χ2v) is 8.66. The molecule has 0 radical (unpaired) electrons. The summed E-state index contributed by atoms with van der Waals surface area (Å²) in [4.78, 5) is 16.8. The van der Waals surface area contributed by atoms with E-state index in [-0.39, 0.29) is 22.7 Å². The number of carbonyl (C=O) groups is 1. The number of hydrogen-bond donors (Lipinski definition) is 3. The number of alkyl halides is 2. The maximum atomic E-state index is 13.9. The molecular weight excluding hydrogens is 400 g/mol. The van der Waals surface area contributed by atoms with Gasteiger partial charge < -0.3 is 16.6 Å². The zero-order chi connectivity index (χ0) is 20.9. The van der Waals surface area contributed by atoms with Gasteiger partial charge in [0.15, 0.2) is 4.83 Å². The average molecular weight is 418 g/mol. The number of primary amides is 1. The lowest BCUT2D eigenvalue weighted by molar-refractivity contribution is -0.529. The Bertz CT molecular complexity index is 1490. The Hall–Kier alpha value is -2.85. The van der Waals surface area contributed by atoms with Gasteiger partial charge >= 0.3 is 0 Å². The van der Waals surface area contributed by atoms with Crippen LogP contribution in [0.3, 0.4) is 0 Å². The van der Waals surface area contributed by atoms with Crippen LogP contribution in [0.4, 0.5) is 14.6 Å². The van der Waals surface area contributed by atoms with E-state index in [9.17, 15) is 18.7 Å². The Balaban J connectivity index is 2.27. The molecule has 4 aromatic heterocycles. The molecule has 0 aliphatic heterocycles. The summed E-state index contributed by atoms with van der Waals surface area (Å²) in [7, 11) is 0. The number of amides is 1. The summed E-state index contributed by atoms with van der Waals surface area (Å²) in [5.74, 6) is -1.09. The highest BCUT2D eigenvalue weighted by Crippen LogP contribution is 2.38. The maximum Gasteiger partial charge on any atom is 0.281 e. The van der Waals surface area contributed by atoms with Crippen LogP contribution < -0.4 is 26.6 Å². The van der Waals surface area contributed by atoms with E-state index in [2.05, 4.69) is 4.98 Å². The largest absolute Gasteiger partial charge is 0.388 e. The Kier molecular flexibility index (Phi) is 3.52. The van der Waals surface area contributed by atoms with Crippen LogP contribution >= 0.6 is 11.3 Å². The lowest BCUT2D eigenvalue weighted by Gasteiger charge is -2.20. The number of hydrogen-bond acceptors (Lipinski definition) is 5. The summed E-state index contributed by atoms with van der Waals surface area (Å²) < 4.78 is 31.4. The second-order valence-electron chi connectivity index (χ2n) is 7.48. The third kappa shape index (κ3) is 2.05. The Morgan fingerprint density at radius 2 is 2.10 bits per heavy atom. The number of aliphatic hydroxyl groups excluding tert-OH is 1. The van der Waals surface area contributed by atoms with Gasteiger partial charge in [-0.2, -0.15) is 0 Å². The topological polar surface area (TPSA) is 111 Å². The number of aromatic nitrogens is 3. The quantitative estimate of drug-likeness (QED) is 0.414. The van der Waals surface area contributed by atoms with Crippen LogP contribution in [-0.4, -0.2) is 26.5 Å². The first-order valence-electron chi connectivity index (χ1n) is 9.03. The van der Waals surface area contributed by atoms with E-state index in [0.29, 0.717) is 26.8 Å². The predicted molar refractivity (Wildman–Crippen MR) is 106 cm³/mol. The molecule has 0 aromatic carbocycles. The highest BCUT2D eigenvalue weighted by Gasteiger charge is 2.36. The molecule has 5 rings (SSSR count). The van der Waals surface area contributed by atoms with Crippen molar-refractivity contribution in [2.45, 2.75) is 33.3 Å². The van der Waals surface area contributed by atoms with Crippen molar-refractivity contribution in [3.63, 3.8) is 0 Å². The molecule has 1 aliphatic carbocycles. The van der Waals surface area contributed by atoms with Gasteiger partial charge in [-0.1, -0.05) is 6.92 Å². The molecule has 1 aliphatic rings. The third-order valence-corrected chi connectivity index (χ3v) is 6.75. The van der Waals surface area contributed by atoms with Crippen LogP contribution in [-0.2, 0) is 0 Å². The van der Waals surface area contributed by atoms with E-state index < -0.39 is 24.1 Å². The monoisotopic (exact) mass is 418 g/mol. The molecule has 0 saturated heterocycles. The maximum absolute atomic E-state index is 13.9. The number of nitrogens with two attached hydrogens (primary N) is 2. The summed E-state index contributed by atoms with van der Waals surface area (Å²) >= 11 is 1.29. The Morgan fingerprint density at radius 1 is 1.41 bits per heavy atom. The number of carbonyl (C=O) groups excluding carboxylic acids is 1. The zero-order valence-electron chi connectivity index (χ0n) is 15.8. The number of nitrogen functional groups attached to an aromatic ring is 1. The first kappa shape index (κ1) is 18.2. The number of halogens is 2. The van der Waals surface area contributed by atoms with Crippen molar-refractivity contribution in [3.8, 4) is 0 Å². The number of pyridine rings is 1. The minimum atomic E-state index is -2.91. The van der Waals surface area contributed by atoms with E-state index in [4.69, 9.17) is 11.5 Å². The summed E-state index contributed by atoms with van der Waals surface area (Å²) in [5.41, 5.74) is 12.8. The van der Waals surface area contributed by atoms with E-state index in [0.717, 1.165) is 10.4 Å². The van der Waals surface area contributed by atoms with Gasteiger partial charge in [-0.3, -0.25) is 9.20 Å². The first-order chi connectivity index (χ1) is 13.6. The molecule has 4 aromatic rings. The number of aryl methyl sites for hydroxylation is 1. The van der Waals surface area contributed by atoms with Crippen LogP contribution in [0.2, 0.25) is 0 Å². The lowest BCUT2D eigenvalue weighted by Crippen LogP contribution is -2.57. The second kappa shape index (κ2) is 5.61. The minimum Gasteiger partial charge on any atom is -0.388 e. The van der Waals surface area contributed by atoms with Crippen molar-refractivity contribution in [1.82, 2.24) is 9.38 Å². The van der Waals surface area contributed by atoms with Gasteiger partial charge in [-0.05, 0) is 29.9 Å². The van der Waals surface area contributed by atoms with Crippen LogP contribution in [0.1, 0.15) is 41.3 Å². The average Bonchev–Trinajstić information content (AvgIpc) is 3.13. The molecule has 2 atom stereocenters. The number of nitrogens with zero attached hydrogens (tertiary/aromatic N) is 3. The molecule has 1 amide bonds. The summed E-state index contributed by atoms with van der Waals surface area (Å²) in [6, 6.07) is 0. The smallest absolute Gasteiger partial charge is 0.281 e. The molecule has 5 N–H and O–H groups in total. The fourth-order valence-electron chi connectivity index (χ4n) is 4.56. The molecule has 0 bridgehead atoms. The number of thiazole rings is 1. The fourth-order valence-corrected chi connectivity index (χ4v) is 5.55. The summed E-state index contributed by atoms with van der Waals surface area (Å²) in [5, 5.41) is 12.8. The minimum absolute atomic E-state index is 0.0270. The van der Waals surface area contributed by atoms with Gasteiger partial charge in [0, 0.05) is 18.2 Å². The Labute approximate surface area is 166 Å². The number of rotatable bonds is 2. The van der Waals surface area contributed by atoms with E-state index >= 15 is 0 Å². The van der Waals surface area contributed by atoms with E-state index in [1.807, 2.05) is 24.3 Å². The van der Waals surface area contributed by atoms with Gasteiger partial charge in [0.05, 0.1) is 11.7 Å². The highest BCUT2D eigenvalue weighted by atomic mass is 32.1. The van der Waals surface area contributed by atoms with Crippen molar-refractivity contribution in [3.05, 3.63) is 27.0 Å². The zero-order valence-corrected chi connectivity index (χ0v) is 16.6. The van der Waals surface area contributed by atoms with Crippen LogP contribution in [0.15, 0.2) is 0 Å². The van der Waals surface area contributed by atoms with E-state index in [1.54, 1.807) is 11.3 Å². The Morgan fingerprint density at radius 3 is 2.72 bits per heavy atom. The van der Waals surface area contributed by atoms with Crippen LogP contribution in [0.25, 0.3) is 32.9 Å². The van der Waals surface area contributed by atoms with Crippen LogP contribution in [0.5, 0.6) is 0 Å². The molecule has 7 nitrogen and oxygen atoms in total. The number of aliphatic hydroxyl groups is 1. The molecule has 10 heteroatoms. The molecule has 2 unspecified atom stereocenters. The van der Waals surface area contributed by atoms with Gasteiger partial charge in [0.2, 0.25) is 10.4 Å². The first-order valence-corrected chi connectivity index (χ1v) is 9.85. The molecule has 0 saturated carbocycles. The molecular formula is C19H18F2N5O2S+. The standard InChI is InChI=1S/C19H17F2N5O2S/c1-5-4-8-12(6(2)15(5)27)26-13-9(10(17(26)22)18(23)28)11(16(20)21)24-19-14(13)25(8)7(3)29-19/h4-5,15-16,27H,1-3H3,(H3-,22,23,28)/p+1. The summed E-state index contributed by atoms with van der Waals surface area (Å²) in [6.45, 7) is 5.55. The van der Waals surface area contributed by atoms with Crippen molar-refractivity contribution in [2.24, 2.45) is 11.7 Å². The summed E-state index contributed by atoms with van der Waals surface area (Å²) in [6.07, 6.45) is -1.76. The van der Waals surface area contributed by atoms with Gasteiger partial charge in [-0.15, -0.1) is 4.40 Å². The third-order valence-electron chi connectivity index (χ3n) is 5.79. The van der Waals surface area contributed by atoms with Crippen molar-refractivity contribution < 1.29 is 23.1 Å². The van der Waals surface area contributed by atoms with Crippen molar-refractivity contribution in [1.29, 1.82) is 0 Å². The number of anilines is 1.